The van der Waals surface area contributed by atoms with Crippen LogP contribution in [0, 0.1) is 0 Å². The number of benzene rings is 1. The normalized spacial score (nSPS) is 22.2. The zero-order chi connectivity index (χ0) is 13.7. The van der Waals surface area contributed by atoms with E-state index in [1.807, 2.05) is 24.3 Å². The van der Waals surface area contributed by atoms with Crippen molar-refractivity contribution in [3.63, 3.8) is 0 Å². The minimum Gasteiger partial charge on any atom is -0.497 e. The molecular formula is C14H20N2O2S. The van der Waals surface area contributed by atoms with Crippen molar-refractivity contribution < 1.29 is 9.53 Å². The Kier molecular flexibility index (Phi) is 5.10. The predicted octanol–water partition coefficient (Wildman–Crippen LogP) is 1.78. The van der Waals surface area contributed by atoms with Crippen molar-refractivity contribution in [3.05, 3.63) is 24.3 Å². The van der Waals surface area contributed by atoms with Gasteiger partial charge in [0.15, 0.2) is 0 Å². The SMILES string of the molecule is COc1cccc(SCC(=O)N[C@@H]2CC[C@@H](N)C2)c1. The average molecular weight is 280 g/mol. The molecule has 1 aliphatic carbocycles. The molecule has 0 unspecified atom stereocenters. The number of nitrogens with two attached hydrogens (primary N) is 1. The van der Waals surface area contributed by atoms with Crippen LogP contribution in [0.25, 0.3) is 0 Å². The third-order valence-corrected chi connectivity index (χ3v) is 4.24. The average Bonchev–Trinajstić information content (AvgIpc) is 2.82. The summed E-state index contributed by atoms with van der Waals surface area (Å²) < 4.78 is 5.15. The third kappa shape index (κ3) is 4.44. The van der Waals surface area contributed by atoms with Gasteiger partial charge in [-0.3, -0.25) is 4.79 Å². The monoisotopic (exact) mass is 280 g/mol. The molecule has 3 N–H and O–H groups in total. The van der Waals surface area contributed by atoms with Crippen molar-refractivity contribution in [2.24, 2.45) is 5.73 Å². The highest BCUT2D eigenvalue weighted by Crippen LogP contribution is 2.23. The largest absolute Gasteiger partial charge is 0.497 e. The molecule has 19 heavy (non-hydrogen) atoms. The van der Waals surface area contributed by atoms with Gasteiger partial charge in [-0.05, 0) is 37.5 Å². The first-order valence-electron chi connectivity index (χ1n) is 6.49. The lowest BCUT2D eigenvalue weighted by Crippen LogP contribution is -2.35. The van der Waals surface area contributed by atoms with Gasteiger partial charge in [0.2, 0.25) is 5.91 Å². The van der Waals surface area contributed by atoms with Crippen LogP contribution in [0.1, 0.15) is 19.3 Å². The van der Waals surface area contributed by atoms with E-state index < -0.39 is 0 Å². The Labute approximate surface area is 118 Å². The summed E-state index contributed by atoms with van der Waals surface area (Å²) in [6, 6.07) is 8.24. The molecule has 5 heteroatoms. The van der Waals surface area contributed by atoms with Gasteiger partial charge in [-0.1, -0.05) is 6.07 Å². The summed E-state index contributed by atoms with van der Waals surface area (Å²) in [5, 5.41) is 3.04. The molecule has 0 saturated heterocycles. The Hall–Kier alpha value is -1.20. The van der Waals surface area contributed by atoms with Crippen LogP contribution in [0.3, 0.4) is 0 Å². The van der Waals surface area contributed by atoms with Crippen molar-refractivity contribution in [2.45, 2.75) is 36.2 Å². The van der Waals surface area contributed by atoms with Crippen LogP contribution in [0.5, 0.6) is 5.75 Å². The molecule has 0 aliphatic heterocycles. The van der Waals surface area contributed by atoms with E-state index in [0.717, 1.165) is 29.9 Å². The second-order valence-electron chi connectivity index (χ2n) is 4.81. The quantitative estimate of drug-likeness (QED) is 0.807. The highest BCUT2D eigenvalue weighted by molar-refractivity contribution is 8.00. The Bertz CT molecular complexity index is 439. The van der Waals surface area contributed by atoms with Gasteiger partial charge in [-0.15, -0.1) is 11.8 Å². The fourth-order valence-electron chi connectivity index (χ4n) is 2.26. The fourth-order valence-corrected chi connectivity index (χ4v) is 3.01. The molecule has 1 saturated carbocycles. The molecule has 0 spiro atoms. The molecule has 0 bridgehead atoms. The summed E-state index contributed by atoms with van der Waals surface area (Å²) in [6.07, 6.45) is 2.90. The van der Waals surface area contributed by atoms with Gasteiger partial charge in [0.05, 0.1) is 12.9 Å². The summed E-state index contributed by atoms with van der Waals surface area (Å²) in [7, 11) is 1.64. The van der Waals surface area contributed by atoms with Crippen molar-refractivity contribution in [2.75, 3.05) is 12.9 Å². The minimum atomic E-state index is 0.0759. The number of ether oxygens (including phenoxy) is 1. The number of methoxy groups -OCH3 is 1. The highest BCUT2D eigenvalue weighted by Gasteiger charge is 2.22. The highest BCUT2D eigenvalue weighted by atomic mass is 32.2. The summed E-state index contributed by atoms with van der Waals surface area (Å²) in [6.45, 7) is 0. The minimum absolute atomic E-state index is 0.0759. The molecule has 0 heterocycles. The number of amides is 1. The van der Waals surface area contributed by atoms with Gasteiger partial charge in [0.25, 0.3) is 0 Å². The maximum absolute atomic E-state index is 11.8. The second kappa shape index (κ2) is 6.82. The van der Waals surface area contributed by atoms with Crippen molar-refractivity contribution in [1.82, 2.24) is 5.32 Å². The van der Waals surface area contributed by atoms with Crippen LogP contribution in [0.4, 0.5) is 0 Å². The van der Waals surface area contributed by atoms with E-state index in [2.05, 4.69) is 5.32 Å². The number of carbonyl (C=O) groups is 1. The first kappa shape index (κ1) is 14.2. The van der Waals surface area contributed by atoms with Gasteiger partial charge in [0, 0.05) is 17.0 Å². The second-order valence-corrected chi connectivity index (χ2v) is 5.85. The fraction of sp³-hybridized carbons (Fsp3) is 0.500. The van der Waals surface area contributed by atoms with E-state index in [1.165, 1.54) is 11.8 Å². The van der Waals surface area contributed by atoms with Crippen LogP contribution < -0.4 is 15.8 Å². The summed E-state index contributed by atoms with van der Waals surface area (Å²) in [4.78, 5) is 12.9. The van der Waals surface area contributed by atoms with Gasteiger partial charge in [-0.25, -0.2) is 0 Å². The Morgan fingerprint density at radius 3 is 3.05 bits per heavy atom. The molecule has 1 fully saturated rings. The maximum atomic E-state index is 11.8. The summed E-state index contributed by atoms with van der Waals surface area (Å²) in [5.74, 6) is 1.32. The lowest BCUT2D eigenvalue weighted by molar-refractivity contribution is -0.119. The Morgan fingerprint density at radius 2 is 2.37 bits per heavy atom. The molecule has 2 atom stereocenters. The lowest BCUT2D eigenvalue weighted by Gasteiger charge is -2.12. The standard InChI is InChI=1S/C14H20N2O2S/c1-18-12-3-2-4-13(8-12)19-9-14(17)16-11-6-5-10(15)7-11/h2-4,8,10-11H,5-7,9,15H2,1H3,(H,16,17)/t10-,11-/m1/s1. The molecule has 1 aromatic rings. The van der Waals surface area contributed by atoms with Crippen LogP contribution in [-0.4, -0.2) is 30.9 Å². The zero-order valence-electron chi connectivity index (χ0n) is 11.1. The van der Waals surface area contributed by atoms with Crippen molar-refractivity contribution in [3.8, 4) is 5.75 Å². The first-order chi connectivity index (χ1) is 9.17. The van der Waals surface area contributed by atoms with Gasteiger partial charge < -0.3 is 15.8 Å². The van der Waals surface area contributed by atoms with E-state index in [0.29, 0.717) is 5.75 Å². The Balaban J connectivity index is 1.76. The third-order valence-electron chi connectivity index (χ3n) is 3.25. The van der Waals surface area contributed by atoms with E-state index in [1.54, 1.807) is 7.11 Å². The first-order valence-corrected chi connectivity index (χ1v) is 7.47. The maximum Gasteiger partial charge on any atom is 0.230 e. The van der Waals surface area contributed by atoms with Gasteiger partial charge in [-0.2, -0.15) is 0 Å². The van der Waals surface area contributed by atoms with Crippen LogP contribution >= 0.6 is 11.8 Å². The molecule has 2 rings (SSSR count). The molecular weight excluding hydrogens is 260 g/mol. The number of hydrogen-bond donors (Lipinski definition) is 2. The predicted molar refractivity (Wildman–Crippen MR) is 77.5 cm³/mol. The van der Waals surface area contributed by atoms with E-state index in [-0.39, 0.29) is 18.0 Å². The van der Waals surface area contributed by atoms with Gasteiger partial charge >= 0.3 is 0 Å². The molecule has 1 aromatic carbocycles. The lowest BCUT2D eigenvalue weighted by atomic mass is 10.2. The zero-order valence-corrected chi connectivity index (χ0v) is 11.9. The van der Waals surface area contributed by atoms with E-state index in [9.17, 15) is 4.79 Å². The smallest absolute Gasteiger partial charge is 0.230 e. The van der Waals surface area contributed by atoms with Crippen LogP contribution in [0.2, 0.25) is 0 Å². The summed E-state index contributed by atoms with van der Waals surface area (Å²) in [5.41, 5.74) is 5.83. The van der Waals surface area contributed by atoms with E-state index >= 15 is 0 Å². The molecule has 0 aromatic heterocycles. The number of nitrogens with one attached hydrogen (secondary N) is 1. The van der Waals surface area contributed by atoms with Crippen LogP contribution in [-0.2, 0) is 4.79 Å². The molecule has 1 amide bonds. The number of carbonyl (C=O) groups excluding carboxylic acids is 1. The van der Waals surface area contributed by atoms with Crippen LogP contribution in [0.15, 0.2) is 29.2 Å². The van der Waals surface area contributed by atoms with Gasteiger partial charge in [0.1, 0.15) is 5.75 Å². The molecule has 1 aliphatic rings. The number of hydrogen-bond acceptors (Lipinski definition) is 4. The number of rotatable bonds is 5. The van der Waals surface area contributed by atoms with E-state index in [4.69, 9.17) is 10.5 Å². The number of thioether (sulfide) groups is 1. The molecule has 0 radical (unpaired) electrons. The van der Waals surface area contributed by atoms with Crippen molar-refractivity contribution in [1.29, 1.82) is 0 Å². The van der Waals surface area contributed by atoms with Crippen molar-refractivity contribution >= 4 is 17.7 Å². The molecule has 4 nitrogen and oxygen atoms in total. The summed E-state index contributed by atoms with van der Waals surface area (Å²) >= 11 is 1.52. The molecule has 104 valence electrons. The topological polar surface area (TPSA) is 64.3 Å². The Morgan fingerprint density at radius 1 is 1.53 bits per heavy atom.